The average molecular weight is 346 g/mol. The van der Waals surface area contributed by atoms with Crippen LogP contribution in [0.4, 0.5) is 5.69 Å². The highest BCUT2D eigenvalue weighted by atomic mass is 32.2. The normalized spacial score (nSPS) is 11.4. The van der Waals surface area contributed by atoms with E-state index in [1.807, 2.05) is 0 Å². The Labute approximate surface area is 135 Å². The Balaban J connectivity index is 2.92. The van der Waals surface area contributed by atoms with Gasteiger partial charge in [0.15, 0.2) is 0 Å². The first kappa shape index (κ1) is 19.4. The summed E-state index contributed by atoms with van der Waals surface area (Å²) >= 11 is 0. The Morgan fingerprint density at radius 1 is 1.17 bits per heavy atom. The fourth-order valence-corrected chi connectivity index (χ4v) is 2.86. The monoisotopic (exact) mass is 346 g/mol. The molecule has 3 N–H and O–H groups in total. The summed E-state index contributed by atoms with van der Waals surface area (Å²) in [6.07, 6.45) is 0.703. The molecular formula is C14H22N2O6S. The number of hydrogen-bond acceptors (Lipinski definition) is 6. The second-order valence-electron chi connectivity index (χ2n) is 4.68. The number of anilines is 1. The Morgan fingerprint density at radius 2 is 1.87 bits per heavy atom. The maximum Gasteiger partial charge on any atom is 0.337 e. The van der Waals surface area contributed by atoms with Crippen LogP contribution in [0.2, 0.25) is 0 Å². The molecule has 8 nitrogen and oxygen atoms in total. The largest absolute Gasteiger partial charge is 0.478 e. The molecule has 0 spiro atoms. The molecule has 0 fully saturated rings. The number of carboxylic acids is 1. The Kier molecular flexibility index (Phi) is 7.96. The third-order valence-corrected chi connectivity index (χ3v) is 4.43. The highest BCUT2D eigenvalue weighted by Gasteiger charge is 2.18. The van der Waals surface area contributed by atoms with Crippen LogP contribution in [0.3, 0.4) is 0 Å². The molecule has 0 unspecified atom stereocenters. The fourth-order valence-electron chi connectivity index (χ4n) is 1.82. The molecule has 0 aliphatic carbocycles. The topological polar surface area (TPSA) is 114 Å². The Hall–Kier alpha value is -1.68. The van der Waals surface area contributed by atoms with Crippen molar-refractivity contribution >= 4 is 21.7 Å². The van der Waals surface area contributed by atoms with Crippen LogP contribution in [-0.2, 0) is 19.5 Å². The van der Waals surface area contributed by atoms with E-state index in [1.165, 1.54) is 19.2 Å². The third kappa shape index (κ3) is 6.14. The lowest BCUT2D eigenvalue weighted by Crippen LogP contribution is -2.27. The number of benzene rings is 1. The van der Waals surface area contributed by atoms with E-state index >= 15 is 0 Å². The predicted molar refractivity (Wildman–Crippen MR) is 85.4 cm³/mol. The van der Waals surface area contributed by atoms with Gasteiger partial charge in [-0.05, 0) is 24.6 Å². The number of ether oxygens (including phenoxy) is 2. The van der Waals surface area contributed by atoms with Gasteiger partial charge in [-0.25, -0.2) is 17.9 Å². The summed E-state index contributed by atoms with van der Waals surface area (Å²) in [5, 5.41) is 12.2. The van der Waals surface area contributed by atoms with Crippen LogP contribution >= 0.6 is 0 Å². The Bertz CT molecular complexity index is 618. The van der Waals surface area contributed by atoms with Crippen molar-refractivity contribution in [3.05, 3.63) is 23.8 Å². The molecule has 0 atom stereocenters. The quantitative estimate of drug-likeness (QED) is 0.507. The zero-order chi connectivity index (χ0) is 17.3. The number of aromatic carboxylic acids is 1. The lowest BCUT2D eigenvalue weighted by atomic mass is 10.2. The molecule has 0 radical (unpaired) electrons. The van der Waals surface area contributed by atoms with Crippen molar-refractivity contribution in [1.29, 1.82) is 0 Å². The van der Waals surface area contributed by atoms with Crippen molar-refractivity contribution < 1.29 is 27.8 Å². The lowest BCUT2D eigenvalue weighted by Gasteiger charge is -2.12. The summed E-state index contributed by atoms with van der Waals surface area (Å²) < 4.78 is 36.2. The molecule has 130 valence electrons. The maximum absolute atomic E-state index is 12.1. The predicted octanol–water partition coefficient (Wildman–Crippen LogP) is 0.758. The van der Waals surface area contributed by atoms with Crippen LogP contribution in [0.5, 0.6) is 0 Å². The first-order chi connectivity index (χ1) is 10.9. The molecule has 0 saturated carbocycles. The van der Waals surface area contributed by atoms with Crippen molar-refractivity contribution in [2.24, 2.45) is 0 Å². The third-order valence-electron chi connectivity index (χ3n) is 2.97. The number of nitrogens with one attached hydrogen (secondary N) is 2. The zero-order valence-corrected chi connectivity index (χ0v) is 14.0. The second kappa shape index (κ2) is 9.46. The molecule has 1 aromatic carbocycles. The molecule has 0 bridgehead atoms. The SMILES string of the molecule is COCCCNc1ccc(S(=O)(=O)NCCOC)cc1C(=O)O. The minimum Gasteiger partial charge on any atom is -0.478 e. The summed E-state index contributed by atoms with van der Waals surface area (Å²) in [4.78, 5) is 11.2. The average Bonchev–Trinajstić information content (AvgIpc) is 2.51. The van der Waals surface area contributed by atoms with Gasteiger partial charge in [-0.15, -0.1) is 0 Å². The summed E-state index contributed by atoms with van der Waals surface area (Å²) in [5.74, 6) is -1.20. The van der Waals surface area contributed by atoms with Crippen LogP contribution in [-0.4, -0.2) is 60.0 Å². The van der Waals surface area contributed by atoms with Crippen LogP contribution in [0.1, 0.15) is 16.8 Å². The van der Waals surface area contributed by atoms with Gasteiger partial charge in [0.1, 0.15) is 0 Å². The minimum atomic E-state index is -3.78. The minimum absolute atomic E-state index is 0.1000. The van der Waals surface area contributed by atoms with E-state index in [0.717, 1.165) is 6.07 Å². The summed E-state index contributed by atoms with van der Waals surface area (Å²) in [5.41, 5.74) is 0.265. The van der Waals surface area contributed by atoms with Crippen LogP contribution in [0.25, 0.3) is 0 Å². The number of carbonyl (C=O) groups is 1. The molecule has 0 aliphatic rings. The number of sulfonamides is 1. The van der Waals surface area contributed by atoms with Gasteiger partial charge in [-0.1, -0.05) is 0 Å². The number of rotatable bonds is 11. The molecule has 0 aromatic heterocycles. The number of methoxy groups -OCH3 is 2. The van der Waals surface area contributed by atoms with E-state index in [2.05, 4.69) is 10.0 Å². The van der Waals surface area contributed by atoms with E-state index < -0.39 is 16.0 Å². The van der Waals surface area contributed by atoms with Crippen molar-refractivity contribution in [2.45, 2.75) is 11.3 Å². The first-order valence-corrected chi connectivity index (χ1v) is 8.49. The molecule has 1 aromatic rings. The van der Waals surface area contributed by atoms with Gasteiger partial charge in [0.05, 0.1) is 17.1 Å². The van der Waals surface area contributed by atoms with E-state index in [9.17, 15) is 18.3 Å². The molecule has 1 rings (SSSR count). The van der Waals surface area contributed by atoms with Crippen molar-refractivity contribution in [3.8, 4) is 0 Å². The van der Waals surface area contributed by atoms with Crippen LogP contribution in [0, 0.1) is 0 Å². The van der Waals surface area contributed by atoms with Gasteiger partial charge in [-0.2, -0.15) is 0 Å². The molecular weight excluding hydrogens is 324 g/mol. The van der Waals surface area contributed by atoms with Gasteiger partial charge < -0.3 is 19.9 Å². The fraction of sp³-hybridized carbons (Fsp3) is 0.500. The first-order valence-electron chi connectivity index (χ1n) is 7.01. The van der Waals surface area contributed by atoms with Crippen molar-refractivity contribution in [3.63, 3.8) is 0 Å². The smallest absolute Gasteiger partial charge is 0.337 e. The maximum atomic E-state index is 12.1. The highest BCUT2D eigenvalue weighted by molar-refractivity contribution is 7.89. The highest BCUT2D eigenvalue weighted by Crippen LogP contribution is 2.20. The standard InChI is InChI=1S/C14H22N2O6S/c1-21-8-3-6-15-13-5-4-11(10-12(13)14(17)18)23(19,20)16-7-9-22-2/h4-5,10,15-16H,3,6-9H2,1-2H3,(H,17,18). The number of hydrogen-bond donors (Lipinski definition) is 3. The molecule has 9 heteroatoms. The lowest BCUT2D eigenvalue weighted by molar-refractivity contribution is 0.0697. The van der Waals surface area contributed by atoms with Gasteiger partial charge in [0.2, 0.25) is 10.0 Å². The molecule has 0 amide bonds. The van der Waals surface area contributed by atoms with Crippen molar-refractivity contribution in [1.82, 2.24) is 4.72 Å². The summed E-state index contributed by atoms with van der Waals surface area (Å²) in [6.45, 7) is 1.40. The van der Waals surface area contributed by atoms with E-state index in [1.54, 1.807) is 7.11 Å². The zero-order valence-electron chi connectivity index (χ0n) is 13.2. The van der Waals surface area contributed by atoms with Crippen molar-refractivity contribution in [2.75, 3.05) is 45.8 Å². The van der Waals surface area contributed by atoms with Gasteiger partial charge in [0.25, 0.3) is 0 Å². The second-order valence-corrected chi connectivity index (χ2v) is 6.44. The van der Waals surface area contributed by atoms with Crippen LogP contribution < -0.4 is 10.0 Å². The summed E-state index contributed by atoms with van der Waals surface area (Å²) in [7, 11) is -0.734. The summed E-state index contributed by atoms with van der Waals surface area (Å²) in [6, 6.07) is 3.94. The van der Waals surface area contributed by atoms with Gasteiger partial charge >= 0.3 is 5.97 Å². The molecule has 0 saturated heterocycles. The van der Waals surface area contributed by atoms with Gasteiger partial charge in [-0.3, -0.25) is 0 Å². The Morgan fingerprint density at radius 3 is 2.48 bits per heavy atom. The number of carboxylic acid groups (broad SMARTS) is 1. The molecule has 0 aliphatic heterocycles. The molecule has 0 heterocycles. The van der Waals surface area contributed by atoms with E-state index in [0.29, 0.717) is 25.3 Å². The van der Waals surface area contributed by atoms with Gasteiger partial charge in [0, 0.05) is 39.6 Å². The van der Waals surface area contributed by atoms with E-state index in [-0.39, 0.29) is 23.6 Å². The molecule has 23 heavy (non-hydrogen) atoms. The van der Waals surface area contributed by atoms with E-state index in [4.69, 9.17) is 9.47 Å². The van der Waals surface area contributed by atoms with Crippen LogP contribution in [0.15, 0.2) is 23.1 Å².